The zero-order valence-electron chi connectivity index (χ0n) is 22.5. The van der Waals surface area contributed by atoms with Gasteiger partial charge >= 0.3 is 16.6 Å². The summed E-state index contributed by atoms with van der Waals surface area (Å²) in [6, 6.07) is 39.6. The minimum absolute atomic E-state index is 0.839. The molecule has 0 aliphatic rings. The molecule has 0 unspecified atom stereocenters. The summed E-state index contributed by atoms with van der Waals surface area (Å²) in [6.07, 6.45) is 1.77. The fourth-order valence-electron chi connectivity index (χ4n) is 5.14. The van der Waals surface area contributed by atoms with Gasteiger partial charge in [-0.2, -0.15) is 0 Å². The molecule has 7 rings (SSSR count). The van der Waals surface area contributed by atoms with Crippen LogP contribution in [0.25, 0.3) is 55.0 Å². The van der Waals surface area contributed by atoms with E-state index in [-0.39, 0.29) is 0 Å². The van der Waals surface area contributed by atoms with Crippen molar-refractivity contribution in [2.45, 2.75) is 13.8 Å². The zero-order chi connectivity index (χ0) is 27.5. The van der Waals surface area contributed by atoms with Crippen molar-refractivity contribution in [1.82, 2.24) is 15.0 Å². The molecular weight excluding hydrogens is 505 g/mol. The molecule has 0 bridgehead atoms. The van der Waals surface area contributed by atoms with E-state index in [1.807, 2.05) is 42.5 Å². The van der Waals surface area contributed by atoms with Crippen molar-refractivity contribution in [2.75, 3.05) is 0 Å². The van der Waals surface area contributed by atoms with Crippen LogP contribution in [-0.2, 0) is 0 Å². The molecule has 4 nitrogen and oxygen atoms in total. The molecule has 0 fully saturated rings. The predicted octanol–water partition coefficient (Wildman–Crippen LogP) is 8.16. The molecule has 40 heavy (non-hydrogen) atoms. The number of aromatic nitrogens is 3. The first kappa shape index (κ1) is 25.7. The first-order valence-electron chi connectivity index (χ1n) is 13.2. The Morgan fingerprint density at radius 1 is 0.550 bits per heavy atom. The van der Waals surface area contributed by atoms with E-state index >= 15 is 0 Å². The van der Waals surface area contributed by atoms with Gasteiger partial charge in [-0.1, -0.05) is 91.0 Å². The third kappa shape index (κ3) is 5.06. The zero-order valence-corrected chi connectivity index (χ0v) is 23.9. The summed E-state index contributed by atoms with van der Waals surface area (Å²) in [6.45, 7) is 4.11. The minimum Gasteiger partial charge on any atom is -0.649 e. The fraction of sp³-hybridized carbons (Fsp3) is 0.0571. The van der Waals surface area contributed by atoms with Gasteiger partial charge in [0.15, 0.2) is 0 Å². The van der Waals surface area contributed by atoms with E-state index in [9.17, 15) is 0 Å². The maximum absolute atomic E-state index is 5.19. The van der Waals surface area contributed by atoms with E-state index in [1.165, 1.54) is 38.9 Å². The van der Waals surface area contributed by atoms with Gasteiger partial charge in [-0.3, -0.25) is 15.0 Å². The molecular formula is C35H27AlN3O. The largest absolute Gasteiger partial charge is 0.649 e. The highest BCUT2D eigenvalue weighted by molar-refractivity contribution is 6.12. The van der Waals surface area contributed by atoms with E-state index in [0.29, 0.717) is 0 Å². The molecule has 3 aromatic heterocycles. The van der Waals surface area contributed by atoms with Gasteiger partial charge in [0.2, 0.25) is 0 Å². The van der Waals surface area contributed by atoms with Crippen LogP contribution in [-0.4, -0.2) is 31.6 Å². The van der Waals surface area contributed by atoms with Crippen molar-refractivity contribution in [3.63, 3.8) is 0 Å². The van der Waals surface area contributed by atoms with Crippen molar-refractivity contribution in [1.29, 1.82) is 0 Å². The smallest absolute Gasteiger partial charge is 0.494 e. The summed E-state index contributed by atoms with van der Waals surface area (Å²) in [7, 11) is 0. The molecule has 0 N–H and O–H groups in total. The van der Waals surface area contributed by atoms with Gasteiger partial charge in [0.25, 0.3) is 0 Å². The lowest BCUT2D eigenvalue weighted by molar-refractivity contribution is 0.622. The molecule has 5 heteroatoms. The van der Waals surface area contributed by atoms with Crippen molar-refractivity contribution < 1.29 is 3.79 Å². The molecule has 0 saturated heterocycles. The van der Waals surface area contributed by atoms with Crippen molar-refractivity contribution in [3.05, 3.63) is 133 Å². The number of fused-ring (bicyclic) bond motifs is 4. The number of rotatable bonds is 3. The average molecular weight is 533 g/mol. The number of para-hydroxylation sites is 1. The number of aryl methyl sites for hydroxylation is 2. The van der Waals surface area contributed by atoms with Crippen LogP contribution in [0.3, 0.4) is 0 Å². The van der Waals surface area contributed by atoms with Crippen LogP contribution in [0.15, 0.2) is 121 Å². The van der Waals surface area contributed by atoms with Crippen molar-refractivity contribution in [3.8, 4) is 28.0 Å². The standard InChI is InChI=1S/C26H20N2.C9H7NO.Al.H/c1-17-15-23(19-9-5-3-6-10-19)21-13-14-22-24(20-11-7-4-8-12-20)16-18(2)28-26(22)25(21)27-17;11-8-5-1-3-7-4-2-6-10-9(7)8;;/h3-16H,1-2H3;1-6,11H;;/q;;+1;/p-1. The lowest BCUT2D eigenvalue weighted by atomic mass is 9.95. The average Bonchev–Trinajstić information content (AvgIpc) is 3.01. The SMILES string of the molecule is Cc1cc(-c2ccccc2)c2ccc3c(-c4ccccc4)cc(C)nc3c2n1.[AlH][O]c1cccc2cccnc12. The van der Waals surface area contributed by atoms with Crippen molar-refractivity contribution >= 4 is 49.3 Å². The number of hydrogen-bond acceptors (Lipinski definition) is 4. The van der Waals surface area contributed by atoms with E-state index in [1.54, 1.807) is 6.20 Å². The van der Waals surface area contributed by atoms with Crippen LogP contribution in [0.1, 0.15) is 11.4 Å². The Kier molecular flexibility index (Phi) is 7.25. The van der Waals surface area contributed by atoms with Gasteiger partial charge in [0.1, 0.15) is 11.3 Å². The summed E-state index contributed by atoms with van der Waals surface area (Å²) in [4.78, 5) is 14.0. The Morgan fingerprint density at radius 2 is 1.07 bits per heavy atom. The highest BCUT2D eigenvalue weighted by Crippen LogP contribution is 2.36. The Labute approximate surface area is 242 Å². The summed E-state index contributed by atoms with van der Waals surface area (Å²) in [5.41, 5.74) is 9.68. The number of benzene rings is 4. The number of nitrogens with zero attached hydrogens (tertiary/aromatic N) is 3. The van der Waals surface area contributed by atoms with Crippen LogP contribution < -0.4 is 3.79 Å². The van der Waals surface area contributed by atoms with E-state index in [4.69, 9.17) is 13.8 Å². The lowest BCUT2D eigenvalue weighted by Gasteiger charge is -2.13. The van der Waals surface area contributed by atoms with E-state index < -0.39 is 0 Å². The molecule has 191 valence electrons. The van der Waals surface area contributed by atoms with Crippen LogP contribution in [0.4, 0.5) is 0 Å². The maximum atomic E-state index is 5.19. The van der Waals surface area contributed by atoms with Gasteiger partial charge in [0.05, 0.1) is 11.0 Å². The molecule has 0 saturated carbocycles. The molecule has 3 heterocycles. The van der Waals surface area contributed by atoms with Crippen LogP contribution >= 0.6 is 0 Å². The third-order valence-corrected chi connectivity index (χ3v) is 7.25. The molecule has 1 radical (unpaired) electrons. The second kappa shape index (κ2) is 11.3. The highest BCUT2D eigenvalue weighted by atomic mass is 27.1. The summed E-state index contributed by atoms with van der Waals surface area (Å²) < 4.78 is 5.19. The van der Waals surface area contributed by atoms with Crippen LogP contribution in [0.5, 0.6) is 5.75 Å². The molecule has 7 aromatic rings. The quantitative estimate of drug-likeness (QED) is 0.170. The van der Waals surface area contributed by atoms with Gasteiger partial charge in [-0.25, -0.2) is 0 Å². The molecule has 0 aliphatic carbocycles. The Hall–Kier alpha value is -4.56. The summed E-state index contributed by atoms with van der Waals surface area (Å²) in [5.74, 6) is 0.839. The van der Waals surface area contributed by atoms with Crippen molar-refractivity contribution in [2.24, 2.45) is 0 Å². The van der Waals surface area contributed by atoms with Crippen LogP contribution in [0.2, 0.25) is 0 Å². The Bertz CT molecular complexity index is 1850. The molecule has 4 aromatic carbocycles. The fourth-order valence-corrected chi connectivity index (χ4v) is 5.37. The minimum atomic E-state index is 0.839. The molecule has 0 amide bonds. The van der Waals surface area contributed by atoms with E-state index in [2.05, 4.69) is 91.6 Å². The lowest BCUT2D eigenvalue weighted by Crippen LogP contribution is -1.94. The first-order valence-corrected chi connectivity index (χ1v) is 13.8. The monoisotopic (exact) mass is 532 g/mol. The molecule has 0 atom stereocenters. The molecule has 0 aliphatic heterocycles. The topological polar surface area (TPSA) is 47.9 Å². The first-order chi connectivity index (χ1) is 19.6. The summed E-state index contributed by atoms with van der Waals surface area (Å²) >= 11 is 1.47. The van der Waals surface area contributed by atoms with Crippen LogP contribution in [0, 0.1) is 13.8 Å². The number of pyridine rings is 3. The Morgan fingerprint density at radius 3 is 1.60 bits per heavy atom. The second-order valence-electron chi connectivity index (χ2n) is 9.69. The molecule has 0 spiro atoms. The van der Waals surface area contributed by atoms with Gasteiger partial charge in [-0.15, -0.1) is 0 Å². The Balaban J connectivity index is 0.000000201. The van der Waals surface area contributed by atoms with Gasteiger partial charge < -0.3 is 3.79 Å². The number of hydrogen-bond donors (Lipinski definition) is 0. The third-order valence-electron chi connectivity index (χ3n) is 6.94. The van der Waals surface area contributed by atoms with E-state index in [0.717, 1.165) is 49.8 Å². The maximum Gasteiger partial charge on any atom is 0.494 e. The normalized spacial score (nSPS) is 10.8. The van der Waals surface area contributed by atoms with Gasteiger partial charge in [-0.05, 0) is 60.4 Å². The summed E-state index contributed by atoms with van der Waals surface area (Å²) in [5, 5.41) is 3.39. The second-order valence-corrected chi connectivity index (χ2v) is 9.98. The highest BCUT2D eigenvalue weighted by Gasteiger charge is 2.14. The predicted molar refractivity (Wildman–Crippen MR) is 167 cm³/mol. The van der Waals surface area contributed by atoms with Gasteiger partial charge in [0, 0.05) is 33.7 Å².